The molecule has 1 aliphatic rings. The van der Waals surface area contributed by atoms with E-state index in [9.17, 15) is 9.59 Å². The van der Waals surface area contributed by atoms with Crippen molar-refractivity contribution in [3.05, 3.63) is 29.3 Å². The molecule has 1 heterocycles. The van der Waals surface area contributed by atoms with Crippen LogP contribution in [0.25, 0.3) is 0 Å². The third kappa shape index (κ3) is 4.47. The molecule has 1 aromatic rings. The van der Waals surface area contributed by atoms with E-state index in [2.05, 4.69) is 32.2 Å². The highest BCUT2D eigenvalue weighted by Gasteiger charge is 2.41. The highest BCUT2D eigenvalue weighted by atomic mass is 16.5. The lowest BCUT2D eigenvalue weighted by molar-refractivity contribution is -0.139. The van der Waals surface area contributed by atoms with Crippen LogP contribution in [0.4, 0.5) is 0 Å². The summed E-state index contributed by atoms with van der Waals surface area (Å²) in [6.07, 6.45) is 0.0660. The van der Waals surface area contributed by atoms with Gasteiger partial charge in [0.15, 0.2) is 6.61 Å². The number of carbonyl (C=O) groups is 2. The van der Waals surface area contributed by atoms with Gasteiger partial charge in [-0.05, 0) is 24.0 Å². The fourth-order valence-corrected chi connectivity index (χ4v) is 2.73. The molecule has 0 unspecified atom stereocenters. The Kier molecular flexibility index (Phi) is 5.18. The predicted octanol–water partition coefficient (Wildman–Crippen LogP) is 1.43. The Morgan fingerprint density at radius 3 is 2.50 bits per heavy atom. The molecule has 0 aromatic heterocycles. The van der Waals surface area contributed by atoms with Crippen molar-refractivity contribution < 1.29 is 19.1 Å². The van der Waals surface area contributed by atoms with Crippen molar-refractivity contribution in [1.82, 2.24) is 5.32 Å². The van der Waals surface area contributed by atoms with Crippen LogP contribution in [0.1, 0.15) is 38.3 Å². The molecule has 1 fully saturated rings. The first-order valence-electron chi connectivity index (χ1n) is 8.02. The van der Waals surface area contributed by atoms with Gasteiger partial charge in [0.05, 0.1) is 25.2 Å². The second-order valence-corrected chi connectivity index (χ2v) is 7.50. The molecule has 1 aromatic carbocycles. The van der Waals surface area contributed by atoms with Crippen molar-refractivity contribution in [3.63, 3.8) is 0 Å². The van der Waals surface area contributed by atoms with Crippen LogP contribution in [-0.4, -0.2) is 37.2 Å². The lowest BCUT2D eigenvalue weighted by Crippen LogP contribution is -2.64. The van der Waals surface area contributed by atoms with E-state index < -0.39 is 11.4 Å². The number of nitrogens with one attached hydrogen (secondary N) is 1. The number of primary amides is 1. The fourth-order valence-electron chi connectivity index (χ4n) is 2.73. The van der Waals surface area contributed by atoms with Gasteiger partial charge in [-0.1, -0.05) is 38.5 Å². The molecule has 0 radical (unpaired) electrons. The molecule has 0 aliphatic carbocycles. The van der Waals surface area contributed by atoms with Gasteiger partial charge in [-0.25, -0.2) is 0 Å². The third-order valence-corrected chi connectivity index (χ3v) is 3.98. The molecule has 0 spiro atoms. The van der Waals surface area contributed by atoms with Gasteiger partial charge in [0.1, 0.15) is 5.75 Å². The Morgan fingerprint density at radius 1 is 1.33 bits per heavy atom. The maximum atomic E-state index is 12.2. The van der Waals surface area contributed by atoms with Gasteiger partial charge in [0.25, 0.3) is 5.91 Å². The predicted molar refractivity (Wildman–Crippen MR) is 90.9 cm³/mol. The summed E-state index contributed by atoms with van der Waals surface area (Å²) in [6.45, 7) is 8.79. The number of rotatable bonds is 6. The summed E-state index contributed by atoms with van der Waals surface area (Å²) in [7, 11) is 0. The SMILES string of the molecule is Cc1ccc(OCC(=O)NC2(CC(N)=O)COC2)c(C(C)(C)C)c1. The summed E-state index contributed by atoms with van der Waals surface area (Å²) in [5.74, 6) is -0.0647. The number of hydrogen-bond donors (Lipinski definition) is 2. The van der Waals surface area contributed by atoms with E-state index in [1.165, 1.54) is 0 Å². The number of hydrogen-bond acceptors (Lipinski definition) is 4. The Labute approximate surface area is 142 Å². The van der Waals surface area contributed by atoms with Crippen molar-refractivity contribution in [2.45, 2.75) is 45.1 Å². The topological polar surface area (TPSA) is 90.6 Å². The lowest BCUT2D eigenvalue weighted by atomic mass is 9.85. The van der Waals surface area contributed by atoms with E-state index in [0.29, 0.717) is 19.0 Å². The van der Waals surface area contributed by atoms with E-state index in [0.717, 1.165) is 11.1 Å². The maximum Gasteiger partial charge on any atom is 0.258 e. The minimum Gasteiger partial charge on any atom is -0.483 e. The second kappa shape index (κ2) is 6.81. The summed E-state index contributed by atoms with van der Waals surface area (Å²) < 4.78 is 10.8. The molecule has 0 atom stereocenters. The van der Waals surface area contributed by atoms with E-state index in [4.69, 9.17) is 15.2 Å². The number of benzene rings is 1. The first-order valence-corrected chi connectivity index (χ1v) is 8.02. The number of amides is 2. The molecule has 2 rings (SSSR count). The number of ether oxygens (including phenoxy) is 2. The van der Waals surface area contributed by atoms with E-state index in [-0.39, 0.29) is 24.3 Å². The normalized spacial score (nSPS) is 16.2. The van der Waals surface area contributed by atoms with E-state index in [1.807, 2.05) is 19.1 Å². The van der Waals surface area contributed by atoms with Gasteiger partial charge in [0.2, 0.25) is 5.91 Å². The average molecular weight is 334 g/mol. The molecule has 24 heavy (non-hydrogen) atoms. The average Bonchev–Trinajstić information content (AvgIpc) is 2.42. The summed E-state index contributed by atoms with van der Waals surface area (Å²) >= 11 is 0. The molecule has 6 heteroatoms. The molecule has 0 bridgehead atoms. The lowest BCUT2D eigenvalue weighted by Gasteiger charge is -2.41. The van der Waals surface area contributed by atoms with Crippen LogP contribution in [0.15, 0.2) is 18.2 Å². The monoisotopic (exact) mass is 334 g/mol. The zero-order valence-electron chi connectivity index (χ0n) is 14.8. The Morgan fingerprint density at radius 2 is 2.00 bits per heavy atom. The van der Waals surface area contributed by atoms with E-state index >= 15 is 0 Å². The number of nitrogens with two attached hydrogens (primary N) is 1. The maximum absolute atomic E-state index is 12.2. The van der Waals surface area contributed by atoms with Crippen molar-refractivity contribution in [2.75, 3.05) is 19.8 Å². The number of carbonyl (C=O) groups excluding carboxylic acids is 2. The van der Waals surface area contributed by atoms with Gasteiger partial charge in [-0.2, -0.15) is 0 Å². The van der Waals surface area contributed by atoms with Crippen LogP contribution in [0.2, 0.25) is 0 Å². The first-order chi connectivity index (χ1) is 11.1. The zero-order chi connectivity index (χ0) is 18.0. The van der Waals surface area contributed by atoms with Crippen LogP contribution in [0.3, 0.4) is 0 Å². The van der Waals surface area contributed by atoms with Crippen LogP contribution >= 0.6 is 0 Å². The molecular formula is C18H26N2O4. The van der Waals surface area contributed by atoms with Gasteiger partial charge < -0.3 is 20.5 Å². The van der Waals surface area contributed by atoms with Gasteiger partial charge in [0, 0.05) is 0 Å². The Balaban J connectivity index is 2.01. The largest absolute Gasteiger partial charge is 0.483 e. The minimum atomic E-state index is -0.688. The van der Waals surface area contributed by atoms with Crippen molar-refractivity contribution >= 4 is 11.8 Å². The van der Waals surface area contributed by atoms with Crippen LogP contribution in [-0.2, 0) is 19.7 Å². The van der Waals surface area contributed by atoms with Crippen molar-refractivity contribution in [2.24, 2.45) is 5.73 Å². The molecule has 0 saturated carbocycles. The second-order valence-electron chi connectivity index (χ2n) is 7.50. The van der Waals surface area contributed by atoms with Crippen LogP contribution in [0, 0.1) is 6.92 Å². The molecule has 132 valence electrons. The van der Waals surface area contributed by atoms with Crippen molar-refractivity contribution in [1.29, 1.82) is 0 Å². The standard InChI is InChI=1S/C18H26N2O4/c1-12-5-6-14(13(7-12)17(2,3)4)24-9-16(22)20-18(8-15(19)21)10-23-11-18/h5-7H,8-11H2,1-4H3,(H2,19,21)(H,20,22). The molecule has 1 saturated heterocycles. The van der Waals surface area contributed by atoms with Gasteiger partial charge in [-0.3, -0.25) is 9.59 Å². The summed E-state index contributed by atoms with van der Waals surface area (Å²) in [4.78, 5) is 23.3. The summed E-state index contributed by atoms with van der Waals surface area (Å²) in [5.41, 5.74) is 6.65. The molecule has 6 nitrogen and oxygen atoms in total. The fraction of sp³-hybridized carbons (Fsp3) is 0.556. The van der Waals surface area contributed by atoms with E-state index in [1.54, 1.807) is 0 Å². The summed E-state index contributed by atoms with van der Waals surface area (Å²) in [5, 5.41) is 2.81. The number of aryl methyl sites for hydroxylation is 1. The molecule has 1 aliphatic heterocycles. The van der Waals surface area contributed by atoms with Crippen molar-refractivity contribution in [3.8, 4) is 5.75 Å². The smallest absolute Gasteiger partial charge is 0.258 e. The highest BCUT2D eigenvalue weighted by Crippen LogP contribution is 2.32. The Hall–Kier alpha value is -2.08. The quantitative estimate of drug-likeness (QED) is 0.823. The molecule has 2 amide bonds. The highest BCUT2D eigenvalue weighted by molar-refractivity contribution is 5.81. The first kappa shape index (κ1) is 18.3. The minimum absolute atomic E-state index is 0.0660. The Bertz CT molecular complexity index is 630. The van der Waals surface area contributed by atoms with Crippen LogP contribution in [0.5, 0.6) is 5.75 Å². The van der Waals surface area contributed by atoms with Crippen LogP contribution < -0.4 is 15.8 Å². The van der Waals surface area contributed by atoms with Gasteiger partial charge in [-0.15, -0.1) is 0 Å². The zero-order valence-corrected chi connectivity index (χ0v) is 14.8. The summed E-state index contributed by atoms with van der Waals surface area (Å²) in [6, 6.07) is 5.91. The van der Waals surface area contributed by atoms with Gasteiger partial charge >= 0.3 is 0 Å². The molecule has 3 N–H and O–H groups in total. The third-order valence-electron chi connectivity index (χ3n) is 3.98. The molecular weight excluding hydrogens is 308 g/mol.